The second-order valence-electron chi connectivity index (χ2n) is 4.46. The number of nitrogens with one attached hydrogen (secondary N) is 1. The molecule has 0 saturated heterocycles. The van der Waals surface area contributed by atoms with Crippen LogP contribution in [0.3, 0.4) is 0 Å². The maximum absolute atomic E-state index is 5.40. The maximum atomic E-state index is 5.40. The van der Waals surface area contributed by atoms with E-state index in [1.165, 1.54) is 10.5 Å². The van der Waals surface area contributed by atoms with Crippen molar-refractivity contribution in [1.29, 1.82) is 0 Å². The monoisotopic (exact) mass is 304 g/mol. The van der Waals surface area contributed by atoms with E-state index in [0.29, 0.717) is 11.5 Å². The van der Waals surface area contributed by atoms with Crippen LogP contribution >= 0.6 is 11.8 Å². The van der Waals surface area contributed by atoms with E-state index in [-0.39, 0.29) is 0 Å². The van der Waals surface area contributed by atoms with Gasteiger partial charge in [-0.15, -0.1) is 11.8 Å². The quantitative estimate of drug-likeness (QED) is 0.796. The van der Waals surface area contributed by atoms with Crippen LogP contribution in [0.4, 0.5) is 0 Å². The first-order valence-corrected chi connectivity index (χ1v) is 7.69. The van der Waals surface area contributed by atoms with Crippen molar-refractivity contribution in [2.75, 3.05) is 21.3 Å². The molecular formula is C16H20N2O2S. The summed E-state index contributed by atoms with van der Waals surface area (Å²) in [7, 11) is 5.22. The highest BCUT2D eigenvalue weighted by molar-refractivity contribution is 7.98. The fraction of sp³-hybridized carbons (Fsp3) is 0.312. The molecule has 0 unspecified atom stereocenters. The van der Waals surface area contributed by atoms with Crippen molar-refractivity contribution in [2.24, 2.45) is 0 Å². The third-order valence-electron chi connectivity index (χ3n) is 3.05. The van der Waals surface area contributed by atoms with Gasteiger partial charge in [-0.25, -0.2) is 0 Å². The largest absolute Gasteiger partial charge is 0.493 e. The Morgan fingerprint density at radius 3 is 2.48 bits per heavy atom. The normalized spacial score (nSPS) is 10.4. The first-order chi connectivity index (χ1) is 10.3. The van der Waals surface area contributed by atoms with Crippen molar-refractivity contribution in [3.63, 3.8) is 0 Å². The molecule has 0 aliphatic rings. The fourth-order valence-corrected chi connectivity index (χ4v) is 2.85. The summed E-state index contributed by atoms with van der Waals surface area (Å²) < 4.78 is 10.7. The molecule has 5 heteroatoms. The summed E-state index contributed by atoms with van der Waals surface area (Å²) in [5, 5.41) is 3.14. The number of pyridine rings is 1. The molecule has 0 spiro atoms. The third kappa shape index (κ3) is 4.12. The molecule has 4 nitrogen and oxygen atoms in total. The number of thioether (sulfide) groups is 1. The Morgan fingerprint density at radius 2 is 1.86 bits per heavy atom. The Balaban J connectivity index is 2.05. The molecule has 0 radical (unpaired) electrons. The Kier molecular flexibility index (Phi) is 5.90. The molecule has 1 aromatic heterocycles. The van der Waals surface area contributed by atoms with Crippen LogP contribution in [-0.2, 0) is 12.3 Å². The molecule has 2 aromatic rings. The van der Waals surface area contributed by atoms with Crippen molar-refractivity contribution < 1.29 is 9.47 Å². The molecule has 0 aliphatic carbocycles. The van der Waals surface area contributed by atoms with Crippen LogP contribution in [-0.4, -0.2) is 26.3 Å². The number of nitrogens with zero attached hydrogens (tertiary/aromatic N) is 1. The lowest BCUT2D eigenvalue weighted by Gasteiger charge is -2.11. The molecule has 0 saturated carbocycles. The molecule has 0 atom stereocenters. The van der Waals surface area contributed by atoms with Crippen molar-refractivity contribution in [3.05, 3.63) is 47.8 Å². The highest BCUT2D eigenvalue weighted by Gasteiger charge is 2.11. The van der Waals surface area contributed by atoms with Crippen LogP contribution in [0.2, 0.25) is 0 Å². The van der Waals surface area contributed by atoms with E-state index in [2.05, 4.69) is 34.6 Å². The van der Waals surface area contributed by atoms with Crippen LogP contribution in [0.5, 0.6) is 11.5 Å². The number of benzene rings is 1. The van der Waals surface area contributed by atoms with Crippen molar-refractivity contribution in [1.82, 2.24) is 10.3 Å². The first kappa shape index (κ1) is 15.7. The van der Waals surface area contributed by atoms with Crippen molar-refractivity contribution in [2.45, 2.75) is 17.2 Å². The number of rotatable bonds is 7. The van der Waals surface area contributed by atoms with Gasteiger partial charge in [-0.1, -0.05) is 12.1 Å². The van der Waals surface area contributed by atoms with Gasteiger partial charge in [0.25, 0.3) is 0 Å². The van der Waals surface area contributed by atoms with Gasteiger partial charge in [-0.05, 0) is 24.7 Å². The fourth-order valence-electron chi connectivity index (χ4n) is 2.01. The second-order valence-corrected chi connectivity index (χ2v) is 5.50. The molecule has 0 amide bonds. The third-order valence-corrected chi connectivity index (χ3v) is 4.07. The Bertz CT molecular complexity index is 573. The van der Waals surface area contributed by atoms with E-state index in [1.54, 1.807) is 38.2 Å². The van der Waals surface area contributed by atoms with Gasteiger partial charge in [0.15, 0.2) is 11.5 Å². The van der Waals surface area contributed by atoms with Gasteiger partial charge in [0.2, 0.25) is 0 Å². The van der Waals surface area contributed by atoms with E-state index in [1.807, 2.05) is 7.05 Å². The summed E-state index contributed by atoms with van der Waals surface area (Å²) in [6.45, 7) is 0.885. The maximum Gasteiger partial charge on any atom is 0.183 e. The van der Waals surface area contributed by atoms with Gasteiger partial charge in [0.05, 0.1) is 19.9 Å². The zero-order valence-electron chi connectivity index (χ0n) is 12.6. The number of methoxy groups -OCH3 is 2. The zero-order valence-corrected chi connectivity index (χ0v) is 13.4. The van der Waals surface area contributed by atoms with Crippen LogP contribution in [0.25, 0.3) is 0 Å². The summed E-state index contributed by atoms with van der Waals surface area (Å²) in [6, 6.07) is 10.3. The lowest BCUT2D eigenvalue weighted by molar-refractivity contribution is 0.350. The van der Waals surface area contributed by atoms with Crippen LogP contribution in [0, 0.1) is 0 Å². The van der Waals surface area contributed by atoms with Gasteiger partial charge in [0.1, 0.15) is 0 Å². The number of ether oxygens (including phenoxy) is 2. The van der Waals surface area contributed by atoms with Crippen LogP contribution < -0.4 is 14.8 Å². The SMILES string of the molecule is CNCc1ccc(SCc2nccc(OC)c2OC)cc1. The van der Waals surface area contributed by atoms with E-state index < -0.39 is 0 Å². The molecule has 0 bridgehead atoms. The van der Waals surface area contributed by atoms with Crippen molar-refractivity contribution in [3.8, 4) is 11.5 Å². The van der Waals surface area contributed by atoms with E-state index >= 15 is 0 Å². The predicted octanol–water partition coefficient (Wildman–Crippen LogP) is 3.11. The number of hydrogen-bond acceptors (Lipinski definition) is 5. The van der Waals surface area contributed by atoms with Gasteiger partial charge >= 0.3 is 0 Å². The first-order valence-electron chi connectivity index (χ1n) is 6.70. The highest BCUT2D eigenvalue weighted by Crippen LogP contribution is 2.33. The summed E-state index contributed by atoms with van der Waals surface area (Å²) in [6.07, 6.45) is 1.74. The van der Waals surface area contributed by atoms with E-state index in [4.69, 9.17) is 9.47 Å². The van der Waals surface area contributed by atoms with Crippen LogP contribution in [0.1, 0.15) is 11.3 Å². The summed E-state index contributed by atoms with van der Waals surface area (Å²) in [5.41, 5.74) is 2.17. The standard InChI is InChI=1S/C16H20N2O2S/c1-17-10-12-4-6-13(7-5-12)21-11-14-16(20-3)15(19-2)8-9-18-14/h4-9,17H,10-11H2,1-3H3. The lowest BCUT2D eigenvalue weighted by atomic mass is 10.2. The molecule has 2 rings (SSSR count). The molecule has 112 valence electrons. The van der Waals surface area contributed by atoms with Gasteiger partial charge in [-0.2, -0.15) is 0 Å². The minimum atomic E-state index is 0.708. The predicted molar refractivity (Wildman–Crippen MR) is 86.1 cm³/mol. The Morgan fingerprint density at radius 1 is 1.10 bits per heavy atom. The van der Waals surface area contributed by atoms with E-state index in [0.717, 1.165) is 18.0 Å². The summed E-state index contributed by atoms with van der Waals surface area (Å²) in [4.78, 5) is 5.59. The molecule has 1 heterocycles. The number of hydrogen-bond donors (Lipinski definition) is 1. The molecule has 1 N–H and O–H groups in total. The van der Waals surface area contributed by atoms with E-state index in [9.17, 15) is 0 Å². The van der Waals surface area contributed by atoms with Gasteiger partial charge in [0, 0.05) is 29.5 Å². The molecular weight excluding hydrogens is 284 g/mol. The minimum Gasteiger partial charge on any atom is -0.493 e. The summed E-state index contributed by atoms with van der Waals surface area (Å²) in [5.74, 6) is 2.16. The summed E-state index contributed by atoms with van der Waals surface area (Å²) >= 11 is 1.73. The number of aromatic nitrogens is 1. The topological polar surface area (TPSA) is 43.4 Å². The molecule has 0 fully saturated rings. The highest BCUT2D eigenvalue weighted by atomic mass is 32.2. The average molecular weight is 304 g/mol. The average Bonchev–Trinajstić information content (AvgIpc) is 2.54. The smallest absolute Gasteiger partial charge is 0.183 e. The minimum absolute atomic E-state index is 0.708. The molecule has 1 aromatic carbocycles. The Hall–Kier alpha value is -1.72. The van der Waals surface area contributed by atoms with Gasteiger partial charge in [-0.3, -0.25) is 4.98 Å². The van der Waals surface area contributed by atoms with Crippen LogP contribution in [0.15, 0.2) is 41.4 Å². The zero-order chi connectivity index (χ0) is 15.1. The second kappa shape index (κ2) is 7.90. The molecule has 0 aliphatic heterocycles. The molecule has 21 heavy (non-hydrogen) atoms. The van der Waals surface area contributed by atoms with Crippen molar-refractivity contribution >= 4 is 11.8 Å². The Labute approximate surface area is 129 Å². The lowest BCUT2D eigenvalue weighted by Crippen LogP contribution is -2.04. The van der Waals surface area contributed by atoms with Gasteiger partial charge < -0.3 is 14.8 Å².